The molecule has 0 N–H and O–H groups in total. The van der Waals surface area contributed by atoms with E-state index in [4.69, 9.17) is 39.5 Å². The fourth-order valence-corrected chi connectivity index (χ4v) is 3.11. The maximum atomic E-state index is 12.4. The van der Waals surface area contributed by atoms with Crippen LogP contribution in [-0.4, -0.2) is 36.5 Å². The highest BCUT2D eigenvalue weighted by atomic mass is 35.5. The van der Waals surface area contributed by atoms with Crippen molar-refractivity contribution in [2.24, 2.45) is 0 Å². The number of benzene rings is 1. The number of hydrogen-bond donors (Lipinski definition) is 0. The standard InChI is InChI=1S/C14H14Cl3NO3/c1-21-14(20)11-3-2-6-18(11)12(19)7-8-9(15)4-5-10(16)13(8)17/h4-5,11H,2-3,6-7H2,1H3. The van der Waals surface area contributed by atoms with Gasteiger partial charge in [0.2, 0.25) is 5.91 Å². The molecular formula is C14H14Cl3NO3. The zero-order chi connectivity index (χ0) is 15.6. The Hall–Kier alpha value is -0.970. The van der Waals surface area contributed by atoms with E-state index in [1.54, 1.807) is 12.1 Å². The first-order valence-corrected chi connectivity index (χ1v) is 7.58. The van der Waals surface area contributed by atoms with Crippen LogP contribution in [0.4, 0.5) is 0 Å². The average molecular weight is 351 g/mol. The van der Waals surface area contributed by atoms with Crippen molar-refractivity contribution in [2.75, 3.05) is 13.7 Å². The predicted octanol–water partition coefficient (Wildman–Crippen LogP) is 3.35. The summed E-state index contributed by atoms with van der Waals surface area (Å²) in [5.41, 5.74) is 0.478. The predicted molar refractivity (Wildman–Crippen MR) is 81.9 cm³/mol. The third-order valence-corrected chi connectivity index (χ3v) is 4.71. The molecule has 21 heavy (non-hydrogen) atoms. The number of carbonyl (C=O) groups excluding carboxylic acids is 2. The van der Waals surface area contributed by atoms with Gasteiger partial charge in [0.25, 0.3) is 0 Å². The van der Waals surface area contributed by atoms with E-state index in [1.807, 2.05) is 0 Å². The lowest BCUT2D eigenvalue weighted by molar-refractivity contribution is -0.150. The van der Waals surface area contributed by atoms with Crippen molar-refractivity contribution in [1.29, 1.82) is 0 Å². The number of halogens is 3. The fraction of sp³-hybridized carbons (Fsp3) is 0.429. The molecule has 1 saturated heterocycles. The summed E-state index contributed by atoms with van der Waals surface area (Å²) in [5, 5.41) is 0.993. The summed E-state index contributed by atoms with van der Waals surface area (Å²) in [7, 11) is 1.31. The molecule has 1 aliphatic heterocycles. The van der Waals surface area contributed by atoms with Crippen molar-refractivity contribution in [3.8, 4) is 0 Å². The topological polar surface area (TPSA) is 46.6 Å². The zero-order valence-electron chi connectivity index (χ0n) is 11.4. The lowest BCUT2D eigenvalue weighted by Gasteiger charge is -2.23. The molecule has 1 unspecified atom stereocenters. The van der Waals surface area contributed by atoms with Crippen LogP contribution in [0, 0.1) is 0 Å². The number of hydrogen-bond acceptors (Lipinski definition) is 3. The summed E-state index contributed by atoms with van der Waals surface area (Å²) in [6.07, 6.45) is 1.38. The molecular weight excluding hydrogens is 337 g/mol. The van der Waals surface area contributed by atoms with Gasteiger partial charge in [-0.25, -0.2) is 4.79 Å². The molecule has 0 radical (unpaired) electrons. The van der Waals surface area contributed by atoms with Crippen molar-refractivity contribution < 1.29 is 14.3 Å². The minimum atomic E-state index is -0.528. The first kappa shape index (κ1) is 16.4. The van der Waals surface area contributed by atoms with Crippen LogP contribution in [0.1, 0.15) is 18.4 Å². The van der Waals surface area contributed by atoms with E-state index in [0.29, 0.717) is 28.6 Å². The SMILES string of the molecule is COC(=O)C1CCCN1C(=O)Cc1c(Cl)ccc(Cl)c1Cl. The summed E-state index contributed by atoms with van der Waals surface area (Å²) in [6, 6.07) is 2.65. The van der Waals surface area contributed by atoms with Gasteiger partial charge in [-0.3, -0.25) is 4.79 Å². The third kappa shape index (κ3) is 3.44. The summed E-state index contributed by atoms with van der Waals surface area (Å²) in [6.45, 7) is 0.522. The Morgan fingerprint density at radius 2 is 1.95 bits per heavy atom. The van der Waals surface area contributed by atoms with Crippen molar-refractivity contribution in [1.82, 2.24) is 4.90 Å². The van der Waals surface area contributed by atoms with Crippen LogP contribution in [0.5, 0.6) is 0 Å². The van der Waals surface area contributed by atoms with E-state index in [1.165, 1.54) is 12.0 Å². The number of esters is 1. The molecule has 0 saturated carbocycles. The molecule has 1 atom stereocenters. The van der Waals surface area contributed by atoms with E-state index in [2.05, 4.69) is 0 Å². The van der Waals surface area contributed by atoms with Gasteiger partial charge in [0.15, 0.2) is 0 Å². The summed E-state index contributed by atoms with van der Waals surface area (Å²) in [4.78, 5) is 25.6. The fourth-order valence-electron chi connectivity index (χ4n) is 2.43. The number of rotatable bonds is 3. The molecule has 1 heterocycles. The van der Waals surface area contributed by atoms with Crippen LogP contribution in [-0.2, 0) is 20.7 Å². The molecule has 1 aliphatic rings. The van der Waals surface area contributed by atoms with Crippen molar-refractivity contribution >= 4 is 46.7 Å². The smallest absolute Gasteiger partial charge is 0.328 e. The number of nitrogens with zero attached hydrogens (tertiary/aromatic N) is 1. The van der Waals surface area contributed by atoms with E-state index in [9.17, 15) is 9.59 Å². The molecule has 0 aliphatic carbocycles. The van der Waals surface area contributed by atoms with Crippen LogP contribution in [0.25, 0.3) is 0 Å². The minimum absolute atomic E-state index is 0.00568. The van der Waals surface area contributed by atoms with Crippen LogP contribution >= 0.6 is 34.8 Å². The van der Waals surface area contributed by atoms with Crippen LogP contribution in [0.3, 0.4) is 0 Å². The Kier molecular flexibility index (Phi) is 5.36. The maximum absolute atomic E-state index is 12.4. The lowest BCUT2D eigenvalue weighted by atomic mass is 10.1. The van der Waals surface area contributed by atoms with Gasteiger partial charge in [-0.2, -0.15) is 0 Å². The van der Waals surface area contributed by atoms with E-state index in [-0.39, 0.29) is 17.4 Å². The third-order valence-electron chi connectivity index (χ3n) is 3.51. The first-order valence-electron chi connectivity index (χ1n) is 6.45. The monoisotopic (exact) mass is 349 g/mol. The summed E-state index contributed by atoms with van der Waals surface area (Å²) >= 11 is 18.1. The van der Waals surface area contributed by atoms with Crippen molar-refractivity contribution in [3.63, 3.8) is 0 Å². The Balaban J connectivity index is 2.19. The van der Waals surface area contributed by atoms with Crippen LogP contribution in [0.2, 0.25) is 15.1 Å². The Bertz CT molecular complexity index is 577. The van der Waals surface area contributed by atoms with Gasteiger partial charge in [0.1, 0.15) is 6.04 Å². The quantitative estimate of drug-likeness (QED) is 0.620. The highest BCUT2D eigenvalue weighted by Crippen LogP contribution is 2.32. The van der Waals surface area contributed by atoms with Gasteiger partial charge in [0, 0.05) is 17.1 Å². The zero-order valence-corrected chi connectivity index (χ0v) is 13.6. The van der Waals surface area contributed by atoms with Gasteiger partial charge in [-0.1, -0.05) is 34.8 Å². The van der Waals surface area contributed by atoms with E-state index < -0.39 is 12.0 Å². The molecule has 1 fully saturated rings. The molecule has 7 heteroatoms. The largest absolute Gasteiger partial charge is 0.467 e. The summed E-state index contributed by atoms with van der Waals surface area (Å²) < 4.78 is 4.73. The van der Waals surface area contributed by atoms with Gasteiger partial charge in [-0.15, -0.1) is 0 Å². The second-order valence-corrected chi connectivity index (χ2v) is 5.96. The molecule has 1 aromatic rings. The molecule has 1 amide bonds. The molecule has 1 aromatic carbocycles. The molecule has 4 nitrogen and oxygen atoms in total. The molecule has 0 spiro atoms. The number of likely N-dealkylation sites (tertiary alicyclic amines) is 1. The van der Waals surface area contributed by atoms with Gasteiger partial charge < -0.3 is 9.64 Å². The number of carbonyl (C=O) groups is 2. The Morgan fingerprint density at radius 3 is 2.62 bits per heavy atom. The molecule has 2 rings (SSSR count). The Morgan fingerprint density at radius 1 is 1.29 bits per heavy atom. The van der Waals surface area contributed by atoms with Gasteiger partial charge in [-0.05, 0) is 25.0 Å². The summed E-state index contributed by atoms with van der Waals surface area (Å²) in [5.74, 6) is -0.613. The van der Waals surface area contributed by atoms with Crippen molar-refractivity contribution in [2.45, 2.75) is 25.3 Å². The van der Waals surface area contributed by atoms with Crippen LogP contribution < -0.4 is 0 Å². The van der Waals surface area contributed by atoms with Gasteiger partial charge in [0.05, 0.1) is 23.6 Å². The second-order valence-electron chi connectivity index (χ2n) is 4.77. The molecule has 0 aromatic heterocycles. The van der Waals surface area contributed by atoms with Crippen LogP contribution in [0.15, 0.2) is 12.1 Å². The van der Waals surface area contributed by atoms with E-state index >= 15 is 0 Å². The molecule has 114 valence electrons. The molecule has 0 bridgehead atoms. The average Bonchev–Trinajstić information content (AvgIpc) is 2.96. The maximum Gasteiger partial charge on any atom is 0.328 e. The number of ether oxygens (including phenoxy) is 1. The second kappa shape index (κ2) is 6.86. The lowest BCUT2D eigenvalue weighted by Crippen LogP contribution is -2.41. The van der Waals surface area contributed by atoms with E-state index in [0.717, 1.165) is 6.42 Å². The number of methoxy groups -OCH3 is 1. The first-order chi connectivity index (χ1) is 9.95. The Labute approximate surface area is 137 Å². The van der Waals surface area contributed by atoms with Gasteiger partial charge >= 0.3 is 5.97 Å². The minimum Gasteiger partial charge on any atom is -0.467 e. The highest BCUT2D eigenvalue weighted by Gasteiger charge is 2.35. The van der Waals surface area contributed by atoms with Crippen molar-refractivity contribution in [3.05, 3.63) is 32.8 Å². The highest BCUT2D eigenvalue weighted by molar-refractivity contribution is 6.44. The number of amides is 1. The normalized spacial score (nSPS) is 17.9.